The lowest BCUT2D eigenvalue weighted by molar-refractivity contribution is -0.137. The molecule has 1 aliphatic rings. The number of alkyl halides is 3. The van der Waals surface area contributed by atoms with Crippen molar-refractivity contribution >= 4 is 23.4 Å². The number of hydrogen-bond acceptors (Lipinski definition) is 7. The number of benzene rings is 2. The molecule has 0 amide bonds. The van der Waals surface area contributed by atoms with Gasteiger partial charge in [-0.15, -0.1) is 5.11 Å². The molecule has 1 aromatic heterocycles. The van der Waals surface area contributed by atoms with Crippen molar-refractivity contribution in [1.82, 2.24) is 9.97 Å². The second kappa shape index (κ2) is 9.90. The normalized spacial score (nSPS) is 14.7. The molecule has 34 heavy (non-hydrogen) atoms. The molecule has 7 nitrogen and oxygen atoms in total. The molecule has 1 fully saturated rings. The summed E-state index contributed by atoms with van der Waals surface area (Å²) < 4.78 is 58.4. The van der Waals surface area contributed by atoms with Crippen LogP contribution in [0.25, 0.3) is 11.1 Å². The number of rotatable bonds is 5. The largest absolute Gasteiger partial charge is 0.506 e. The molecule has 0 unspecified atom stereocenters. The molecular weight excluding hydrogens is 478 g/mol. The first-order valence-electron chi connectivity index (χ1n) is 10.1. The zero-order valence-electron chi connectivity index (χ0n) is 17.6. The summed E-state index contributed by atoms with van der Waals surface area (Å²) >= 11 is 6.23. The summed E-state index contributed by atoms with van der Waals surface area (Å²) in [6.45, 7) is 1.76. The first-order chi connectivity index (χ1) is 16.2. The summed E-state index contributed by atoms with van der Waals surface area (Å²) in [5.74, 6) is -0.877. The van der Waals surface area contributed by atoms with Crippen LogP contribution in [0.2, 0.25) is 5.02 Å². The van der Waals surface area contributed by atoms with Gasteiger partial charge >= 0.3 is 6.18 Å². The predicted molar refractivity (Wildman–Crippen MR) is 117 cm³/mol. The number of hydrogen-bond donors (Lipinski definition) is 1. The molecule has 2 heterocycles. The van der Waals surface area contributed by atoms with Crippen LogP contribution >= 0.6 is 11.6 Å². The van der Waals surface area contributed by atoms with Gasteiger partial charge < -0.3 is 14.7 Å². The van der Waals surface area contributed by atoms with Gasteiger partial charge in [0.1, 0.15) is 5.75 Å². The standard InChI is InChI=1S/C22H18ClF4N5O2/c23-18-16(13-2-1-3-15(10-13)22(25,26)27)5-4-14(19(18)33)11-29-31-21-28-12-17(24)20(30-21)32-6-8-34-9-7-32/h1-5,10,12,33H,6-9,11H2. The lowest BCUT2D eigenvalue weighted by atomic mass is 10.0. The van der Waals surface area contributed by atoms with Gasteiger partial charge in [-0.3, -0.25) is 0 Å². The van der Waals surface area contributed by atoms with Crippen molar-refractivity contribution in [2.24, 2.45) is 10.2 Å². The minimum absolute atomic E-state index is 0.0611. The number of nitrogens with zero attached hydrogens (tertiary/aromatic N) is 5. The van der Waals surface area contributed by atoms with Gasteiger partial charge in [0.05, 0.1) is 36.5 Å². The quantitative estimate of drug-likeness (QED) is 0.358. The van der Waals surface area contributed by atoms with Crippen LogP contribution in [0.3, 0.4) is 0 Å². The number of halogens is 5. The van der Waals surface area contributed by atoms with Gasteiger partial charge in [-0.2, -0.15) is 23.3 Å². The van der Waals surface area contributed by atoms with Gasteiger partial charge in [-0.25, -0.2) is 9.37 Å². The highest BCUT2D eigenvalue weighted by Gasteiger charge is 2.30. The van der Waals surface area contributed by atoms with E-state index in [0.717, 1.165) is 18.3 Å². The Labute approximate surface area is 196 Å². The van der Waals surface area contributed by atoms with Gasteiger partial charge in [0.2, 0.25) is 0 Å². The summed E-state index contributed by atoms with van der Waals surface area (Å²) in [5, 5.41) is 18.2. The molecule has 2 aromatic carbocycles. The van der Waals surface area contributed by atoms with Crippen LogP contribution in [0.1, 0.15) is 11.1 Å². The highest BCUT2D eigenvalue weighted by Crippen LogP contribution is 2.39. The van der Waals surface area contributed by atoms with Gasteiger partial charge in [0.15, 0.2) is 11.6 Å². The minimum Gasteiger partial charge on any atom is -0.506 e. The summed E-state index contributed by atoms with van der Waals surface area (Å²) in [4.78, 5) is 9.61. The molecule has 178 valence electrons. The number of morpholine rings is 1. The van der Waals surface area contributed by atoms with E-state index in [1.54, 1.807) is 4.90 Å². The maximum absolute atomic E-state index is 14.1. The predicted octanol–water partition coefficient (Wildman–Crippen LogP) is 5.78. The highest BCUT2D eigenvalue weighted by molar-refractivity contribution is 6.34. The number of azo groups is 1. The first kappa shape index (κ1) is 23.8. The Morgan fingerprint density at radius 1 is 1.15 bits per heavy atom. The Morgan fingerprint density at radius 2 is 1.91 bits per heavy atom. The Morgan fingerprint density at radius 3 is 2.65 bits per heavy atom. The van der Waals surface area contributed by atoms with Gasteiger partial charge in [-0.05, 0) is 17.7 Å². The van der Waals surface area contributed by atoms with Gasteiger partial charge in [-0.1, -0.05) is 35.9 Å². The second-order valence-electron chi connectivity index (χ2n) is 7.35. The van der Waals surface area contributed by atoms with Gasteiger partial charge in [0, 0.05) is 24.2 Å². The zero-order chi connectivity index (χ0) is 24.3. The molecule has 4 rings (SSSR count). The number of phenolic OH excluding ortho intramolecular Hbond substituents is 1. The van der Waals surface area contributed by atoms with Crippen LogP contribution in [0, 0.1) is 5.82 Å². The Balaban J connectivity index is 1.52. The van der Waals surface area contributed by atoms with E-state index >= 15 is 0 Å². The van der Waals surface area contributed by atoms with Crippen molar-refractivity contribution in [2.75, 3.05) is 31.2 Å². The molecule has 1 aliphatic heterocycles. The number of anilines is 1. The SMILES string of the molecule is Oc1c(CN=Nc2ncc(F)c(N3CCOCC3)n2)ccc(-c2cccc(C(F)(F)F)c2)c1Cl. The highest BCUT2D eigenvalue weighted by atomic mass is 35.5. The van der Waals surface area contributed by atoms with Crippen molar-refractivity contribution in [3.05, 3.63) is 64.6 Å². The van der Waals surface area contributed by atoms with Crippen LogP contribution < -0.4 is 4.90 Å². The van der Waals surface area contributed by atoms with Crippen molar-refractivity contribution in [3.63, 3.8) is 0 Å². The van der Waals surface area contributed by atoms with Crippen molar-refractivity contribution < 1.29 is 27.4 Å². The fourth-order valence-corrected chi connectivity index (χ4v) is 3.68. The molecule has 0 aliphatic carbocycles. The van der Waals surface area contributed by atoms with E-state index in [1.165, 1.54) is 24.3 Å². The first-order valence-corrected chi connectivity index (χ1v) is 10.5. The third-order valence-electron chi connectivity index (χ3n) is 5.13. The van der Waals surface area contributed by atoms with E-state index in [9.17, 15) is 22.7 Å². The third kappa shape index (κ3) is 5.26. The minimum atomic E-state index is -4.51. The summed E-state index contributed by atoms with van der Waals surface area (Å²) in [6.07, 6.45) is -3.50. The van der Waals surface area contributed by atoms with Gasteiger partial charge in [0.25, 0.3) is 5.95 Å². The number of aromatic hydroxyl groups is 1. The zero-order valence-corrected chi connectivity index (χ0v) is 18.3. The second-order valence-corrected chi connectivity index (χ2v) is 7.73. The summed E-state index contributed by atoms with van der Waals surface area (Å²) in [5.41, 5.74) is -0.0872. The number of ether oxygens (including phenoxy) is 1. The summed E-state index contributed by atoms with van der Waals surface area (Å²) in [7, 11) is 0. The topological polar surface area (TPSA) is 83.2 Å². The van der Waals surface area contributed by atoms with E-state index in [0.29, 0.717) is 31.9 Å². The average molecular weight is 496 g/mol. The number of aromatic nitrogens is 2. The van der Waals surface area contributed by atoms with E-state index in [2.05, 4.69) is 20.2 Å². The molecule has 1 saturated heterocycles. The van der Waals surface area contributed by atoms with Crippen molar-refractivity contribution in [1.29, 1.82) is 0 Å². The molecule has 0 spiro atoms. The molecule has 0 radical (unpaired) electrons. The van der Waals surface area contributed by atoms with E-state index < -0.39 is 17.6 Å². The molecule has 0 bridgehead atoms. The average Bonchev–Trinajstić information content (AvgIpc) is 2.83. The van der Waals surface area contributed by atoms with Crippen LogP contribution in [0.5, 0.6) is 5.75 Å². The number of phenols is 1. The van der Waals surface area contributed by atoms with E-state index in [-0.39, 0.29) is 40.2 Å². The Bertz CT molecular complexity index is 1220. The maximum Gasteiger partial charge on any atom is 0.416 e. The lowest BCUT2D eigenvalue weighted by Gasteiger charge is -2.27. The maximum atomic E-state index is 14.1. The fourth-order valence-electron chi connectivity index (χ4n) is 3.39. The molecular formula is C22H18ClF4N5O2. The Kier molecular flexibility index (Phi) is 6.94. The fraction of sp³-hybridized carbons (Fsp3) is 0.273. The van der Waals surface area contributed by atoms with E-state index in [4.69, 9.17) is 16.3 Å². The lowest BCUT2D eigenvalue weighted by Crippen LogP contribution is -2.37. The van der Waals surface area contributed by atoms with E-state index in [1.807, 2.05) is 0 Å². The van der Waals surface area contributed by atoms with Crippen LogP contribution in [-0.4, -0.2) is 41.4 Å². The Hall–Kier alpha value is -3.31. The summed E-state index contributed by atoms with van der Waals surface area (Å²) in [6, 6.07) is 7.62. The smallest absolute Gasteiger partial charge is 0.416 e. The van der Waals surface area contributed by atoms with Crippen LogP contribution in [-0.2, 0) is 17.5 Å². The third-order valence-corrected chi connectivity index (χ3v) is 5.51. The van der Waals surface area contributed by atoms with Crippen LogP contribution in [0.15, 0.2) is 52.8 Å². The molecule has 3 aromatic rings. The van der Waals surface area contributed by atoms with Crippen molar-refractivity contribution in [2.45, 2.75) is 12.7 Å². The molecule has 0 saturated carbocycles. The molecule has 0 atom stereocenters. The molecule has 12 heteroatoms. The van der Waals surface area contributed by atoms with Crippen LogP contribution in [0.4, 0.5) is 29.3 Å². The van der Waals surface area contributed by atoms with Crippen molar-refractivity contribution in [3.8, 4) is 16.9 Å². The monoisotopic (exact) mass is 495 g/mol. The molecule has 1 N–H and O–H groups in total.